The summed E-state index contributed by atoms with van der Waals surface area (Å²) in [6.07, 6.45) is 3.76. The fourth-order valence-corrected chi connectivity index (χ4v) is 6.38. The summed E-state index contributed by atoms with van der Waals surface area (Å²) in [6.45, 7) is 14.0. The highest BCUT2D eigenvalue weighted by Gasteiger charge is 2.30. The van der Waals surface area contributed by atoms with Crippen molar-refractivity contribution < 1.29 is 22.7 Å². The molecule has 1 amide bonds. The van der Waals surface area contributed by atoms with Gasteiger partial charge in [0.25, 0.3) is 15.9 Å². The van der Waals surface area contributed by atoms with Crippen LogP contribution in [0.25, 0.3) is 11.3 Å². The number of nitrogens with one attached hydrogen (secondary N) is 1. The molecule has 0 saturated carbocycles. The Balaban J connectivity index is 1.61. The van der Waals surface area contributed by atoms with Gasteiger partial charge in [-0.3, -0.25) is 4.79 Å². The number of rotatable bonds is 6. The van der Waals surface area contributed by atoms with Gasteiger partial charge in [0.15, 0.2) is 5.75 Å². The molecule has 3 heterocycles. The molecule has 0 radical (unpaired) electrons. The fourth-order valence-electron chi connectivity index (χ4n) is 5.39. The lowest BCUT2D eigenvalue weighted by Gasteiger charge is -2.32. The van der Waals surface area contributed by atoms with Gasteiger partial charge in [0.1, 0.15) is 18.0 Å². The molecule has 0 fully saturated rings. The summed E-state index contributed by atoms with van der Waals surface area (Å²) >= 11 is 0. The van der Waals surface area contributed by atoms with Crippen molar-refractivity contribution in [2.24, 2.45) is 5.92 Å². The molecule has 12 heteroatoms. The number of hydrogen-bond acceptors (Lipinski definition) is 9. The number of fused-ring (bicyclic) bond motifs is 4. The molecular weight excluding hydrogens is 604 g/mol. The monoisotopic (exact) mass is 644 g/mol. The maximum absolute atomic E-state index is 14.2. The topological polar surface area (TPSA) is 136 Å². The van der Waals surface area contributed by atoms with Gasteiger partial charge in [-0.2, -0.15) is 4.98 Å². The van der Waals surface area contributed by atoms with Gasteiger partial charge in [-0.15, -0.1) is 0 Å². The molecule has 2 aromatic carbocycles. The van der Waals surface area contributed by atoms with E-state index in [9.17, 15) is 13.2 Å². The summed E-state index contributed by atoms with van der Waals surface area (Å²) in [5.74, 6) is 0.784. The number of hydrogen-bond donors (Lipinski definition) is 1. The SMILES string of the molecule is Cc1cccc(C)c1-c1cc2nc(n1)NS(=O)(=O)c1cccc(c1)C(=O)N(Cc1ncc(OC(C)(C)C)cn1)[C@H](CC(C)C)CO2. The first kappa shape index (κ1) is 32.8. The minimum absolute atomic E-state index is 0.0628. The zero-order chi connectivity index (χ0) is 33.2. The molecule has 2 aromatic heterocycles. The average molecular weight is 645 g/mol. The number of aryl methyl sites for hydroxylation is 2. The number of sulfonamides is 1. The summed E-state index contributed by atoms with van der Waals surface area (Å²) in [6, 6.07) is 13.1. The molecule has 46 heavy (non-hydrogen) atoms. The summed E-state index contributed by atoms with van der Waals surface area (Å²) < 4.78 is 41.8. The Bertz CT molecular complexity index is 1820. The predicted molar refractivity (Wildman–Crippen MR) is 175 cm³/mol. The van der Waals surface area contributed by atoms with Crippen molar-refractivity contribution in [3.05, 3.63) is 83.4 Å². The maximum Gasteiger partial charge on any atom is 0.264 e. The van der Waals surface area contributed by atoms with Gasteiger partial charge in [0.05, 0.1) is 35.6 Å². The molecule has 1 aliphatic heterocycles. The normalized spacial score (nSPS) is 16.5. The van der Waals surface area contributed by atoms with Gasteiger partial charge in [-0.1, -0.05) is 38.1 Å². The van der Waals surface area contributed by atoms with E-state index in [0.717, 1.165) is 16.7 Å². The maximum atomic E-state index is 14.2. The largest absolute Gasteiger partial charge is 0.485 e. The van der Waals surface area contributed by atoms with Crippen molar-refractivity contribution in [2.45, 2.75) is 78.0 Å². The first-order chi connectivity index (χ1) is 21.7. The number of aromatic nitrogens is 4. The minimum atomic E-state index is -4.17. The standard InChI is InChI=1S/C34H40N6O5S/c1-21(2)14-25-20-44-30-16-28(31-22(3)10-8-11-23(31)4)37-33(38-30)39-46(42,43)27-13-9-12-24(15-27)32(41)40(25)19-29-35-17-26(18-36-29)45-34(5,6)7/h8-13,15-18,21,25H,14,19-20H2,1-7H3,(H,37,38,39)/t25-/m1/s1. The second kappa shape index (κ2) is 13.0. The molecular formula is C34H40N6O5S. The van der Waals surface area contributed by atoms with Crippen LogP contribution in [0.2, 0.25) is 0 Å². The van der Waals surface area contributed by atoms with Gasteiger partial charge in [-0.05, 0) is 76.3 Å². The minimum Gasteiger partial charge on any atom is -0.485 e. The van der Waals surface area contributed by atoms with Crippen molar-refractivity contribution >= 4 is 21.9 Å². The molecule has 0 saturated heterocycles. The quantitative estimate of drug-likeness (QED) is 0.269. The smallest absolute Gasteiger partial charge is 0.264 e. The number of carbonyl (C=O) groups is 1. The lowest BCUT2D eigenvalue weighted by atomic mass is 10.00. The molecule has 1 atom stereocenters. The molecule has 1 N–H and O–H groups in total. The number of ether oxygens (including phenoxy) is 2. The van der Waals surface area contributed by atoms with Crippen molar-refractivity contribution in [2.75, 3.05) is 11.3 Å². The van der Waals surface area contributed by atoms with Crippen LogP contribution in [0.3, 0.4) is 0 Å². The van der Waals surface area contributed by atoms with E-state index in [1.165, 1.54) is 12.1 Å². The van der Waals surface area contributed by atoms with E-state index < -0.39 is 21.7 Å². The van der Waals surface area contributed by atoms with Crippen molar-refractivity contribution in [1.29, 1.82) is 0 Å². The van der Waals surface area contributed by atoms with Gasteiger partial charge >= 0.3 is 0 Å². The van der Waals surface area contributed by atoms with Gasteiger partial charge in [0.2, 0.25) is 11.8 Å². The number of carbonyl (C=O) groups excluding carboxylic acids is 1. The zero-order valence-corrected chi connectivity index (χ0v) is 28.1. The van der Waals surface area contributed by atoms with Gasteiger partial charge < -0.3 is 14.4 Å². The molecule has 5 rings (SSSR count). The number of nitrogens with zero attached hydrogens (tertiary/aromatic N) is 5. The van der Waals surface area contributed by atoms with Gasteiger partial charge in [-0.25, -0.2) is 28.1 Å². The molecule has 4 aromatic rings. The van der Waals surface area contributed by atoms with Crippen LogP contribution in [0.15, 0.2) is 65.8 Å². The Morgan fingerprint density at radius 1 is 1.02 bits per heavy atom. The zero-order valence-electron chi connectivity index (χ0n) is 27.2. The molecule has 0 aliphatic carbocycles. The van der Waals surface area contributed by atoms with E-state index in [0.29, 0.717) is 23.7 Å². The van der Waals surface area contributed by atoms with Crippen LogP contribution in [0.5, 0.6) is 11.6 Å². The Labute approximate surface area is 270 Å². The number of benzene rings is 2. The van der Waals surface area contributed by atoms with Crippen LogP contribution in [0.4, 0.5) is 5.95 Å². The highest BCUT2D eigenvalue weighted by molar-refractivity contribution is 7.92. The summed E-state index contributed by atoms with van der Waals surface area (Å²) in [7, 11) is -4.17. The van der Waals surface area contributed by atoms with Crippen molar-refractivity contribution in [3.8, 4) is 22.9 Å². The van der Waals surface area contributed by atoms with Crippen molar-refractivity contribution in [1.82, 2.24) is 24.8 Å². The Morgan fingerprint density at radius 2 is 1.70 bits per heavy atom. The van der Waals surface area contributed by atoms with Crippen LogP contribution in [-0.4, -0.2) is 57.4 Å². The molecule has 4 bridgehead atoms. The van der Waals surface area contributed by atoms with Crippen LogP contribution in [0, 0.1) is 19.8 Å². The molecule has 242 valence electrons. The summed E-state index contributed by atoms with van der Waals surface area (Å²) in [5.41, 5.74) is 3.09. The Kier molecular flexibility index (Phi) is 9.29. The highest BCUT2D eigenvalue weighted by Crippen LogP contribution is 2.30. The first-order valence-corrected chi connectivity index (χ1v) is 16.7. The Morgan fingerprint density at radius 3 is 2.35 bits per heavy atom. The third-order valence-electron chi connectivity index (χ3n) is 7.34. The van der Waals surface area contributed by atoms with E-state index in [2.05, 4.69) is 38.5 Å². The second-order valence-electron chi connectivity index (χ2n) is 12.9. The Hall–Kier alpha value is -4.58. The highest BCUT2D eigenvalue weighted by atomic mass is 32.2. The molecule has 11 nitrogen and oxygen atoms in total. The first-order valence-electron chi connectivity index (χ1n) is 15.2. The summed E-state index contributed by atoms with van der Waals surface area (Å²) in [4.78, 5) is 33.8. The fraction of sp³-hybridized carbons (Fsp3) is 0.382. The van der Waals surface area contributed by atoms with E-state index in [1.807, 2.05) is 52.8 Å². The van der Waals surface area contributed by atoms with E-state index in [-0.39, 0.29) is 47.3 Å². The van der Waals surface area contributed by atoms with Crippen LogP contribution < -0.4 is 14.2 Å². The molecule has 0 unspecified atom stereocenters. The number of anilines is 1. The van der Waals surface area contributed by atoms with E-state index in [4.69, 9.17) is 9.47 Å². The predicted octanol–water partition coefficient (Wildman–Crippen LogP) is 5.98. The average Bonchev–Trinajstić information content (AvgIpc) is 2.97. The van der Waals surface area contributed by atoms with Crippen LogP contribution >= 0.6 is 0 Å². The summed E-state index contributed by atoms with van der Waals surface area (Å²) in [5, 5.41) is 0. The number of amides is 1. The molecule has 0 spiro atoms. The third kappa shape index (κ3) is 7.79. The lowest BCUT2D eigenvalue weighted by molar-refractivity contribution is 0.0545. The molecule has 1 aliphatic rings. The second-order valence-corrected chi connectivity index (χ2v) is 14.6. The third-order valence-corrected chi connectivity index (χ3v) is 8.67. The van der Waals surface area contributed by atoms with Gasteiger partial charge in [0, 0.05) is 17.2 Å². The van der Waals surface area contributed by atoms with Crippen LogP contribution in [0.1, 0.15) is 68.3 Å². The van der Waals surface area contributed by atoms with Crippen LogP contribution in [-0.2, 0) is 16.6 Å². The lowest BCUT2D eigenvalue weighted by Crippen LogP contribution is -2.44. The van der Waals surface area contributed by atoms with E-state index >= 15 is 0 Å². The van der Waals surface area contributed by atoms with E-state index in [1.54, 1.807) is 35.5 Å². The van der Waals surface area contributed by atoms with Crippen molar-refractivity contribution in [3.63, 3.8) is 0 Å².